The molecule has 0 radical (unpaired) electrons. The Morgan fingerprint density at radius 2 is 1.57 bits per heavy atom. The lowest BCUT2D eigenvalue weighted by Crippen LogP contribution is -2.35. The highest BCUT2D eigenvalue weighted by Crippen LogP contribution is 2.33. The minimum absolute atomic E-state index is 0.102. The third-order valence-corrected chi connectivity index (χ3v) is 7.63. The van der Waals surface area contributed by atoms with Gasteiger partial charge < -0.3 is 18.9 Å². The van der Waals surface area contributed by atoms with Gasteiger partial charge in [-0.25, -0.2) is 9.37 Å². The van der Waals surface area contributed by atoms with Crippen LogP contribution in [0.4, 0.5) is 17.6 Å². The Labute approximate surface area is 270 Å². The molecule has 47 heavy (non-hydrogen) atoms. The maximum absolute atomic E-state index is 13.7. The summed E-state index contributed by atoms with van der Waals surface area (Å²) in [5, 5.41) is 0. The first-order valence-corrected chi connectivity index (χ1v) is 14.7. The van der Waals surface area contributed by atoms with Crippen LogP contribution in [0.1, 0.15) is 47.4 Å². The first-order valence-electron chi connectivity index (χ1n) is 14.7. The predicted octanol–water partition coefficient (Wildman–Crippen LogP) is 6.84. The van der Waals surface area contributed by atoms with E-state index >= 15 is 0 Å². The highest BCUT2D eigenvalue weighted by molar-refractivity contribution is 6.00. The summed E-state index contributed by atoms with van der Waals surface area (Å²) < 4.78 is 74.5. The molecule has 1 aromatic heterocycles. The molecule has 0 amide bonds. The van der Waals surface area contributed by atoms with Gasteiger partial charge in [0.2, 0.25) is 5.75 Å². The van der Waals surface area contributed by atoms with Gasteiger partial charge in [0, 0.05) is 38.6 Å². The molecule has 0 aliphatic rings. The van der Waals surface area contributed by atoms with Crippen LogP contribution in [-0.2, 0) is 38.1 Å². The summed E-state index contributed by atoms with van der Waals surface area (Å²) in [6.45, 7) is 6.58. The maximum atomic E-state index is 13.7. The molecule has 0 aliphatic carbocycles. The number of methoxy groups -OCH3 is 2. The van der Waals surface area contributed by atoms with Crippen LogP contribution in [-0.4, -0.2) is 49.6 Å². The number of benzene rings is 2. The minimum atomic E-state index is -4.48. The molecule has 1 heterocycles. The SMILES string of the molecule is C=C[C@H](Cc1ccc(C(F)(F)F)cc1)[C@@H](Cc1ccc(F)cc1)[C@H](C)OC(=O)[C@H](COC)CC(=O)c1nccc(OC)c1OC(C)=O. The van der Waals surface area contributed by atoms with Crippen molar-refractivity contribution < 1.29 is 50.9 Å². The fourth-order valence-corrected chi connectivity index (χ4v) is 5.20. The molecule has 12 heteroatoms. The van der Waals surface area contributed by atoms with E-state index in [0.717, 1.165) is 24.6 Å². The fourth-order valence-electron chi connectivity index (χ4n) is 5.20. The molecule has 0 spiro atoms. The van der Waals surface area contributed by atoms with Crippen LogP contribution in [0.5, 0.6) is 11.5 Å². The van der Waals surface area contributed by atoms with Gasteiger partial charge in [-0.3, -0.25) is 14.4 Å². The number of rotatable bonds is 16. The van der Waals surface area contributed by atoms with E-state index in [0.29, 0.717) is 12.0 Å². The number of allylic oxidation sites excluding steroid dienone is 1. The Hall–Kier alpha value is -4.58. The van der Waals surface area contributed by atoms with Crippen LogP contribution < -0.4 is 9.47 Å². The van der Waals surface area contributed by atoms with Gasteiger partial charge in [-0.15, -0.1) is 6.58 Å². The van der Waals surface area contributed by atoms with Gasteiger partial charge in [-0.2, -0.15) is 13.2 Å². The molecule has 0 aliphatic heterocycles. The second kappa shape index (κ2) is 16.8. The van der Waals surface area contributed by atoms with Crippen molar-refractivity contribution in [2.45, 2.75) is 45.4 Å². The van der Waals surface area contributed by atoms with Gasteiger partial charge in [0.15, 0.2) is 17.2 Å². The summed E-state index contributed by atoms with van der Waals surface area (Å²) in [5.74, 6) is -4.47. The Morgan fingerprint density at radius 1 is 0.957 bits per heavy atom. The van der Waals surface area contributed by atoms with E-state index in [-0.39, 0.29) is 36.1 Å². The summed E-state index contributed by atoms with van der Waals surface area (Å²) in [4.78, 5) is 42.6. The molecule has 0 fully saturated rings. The van der Waals surface area contributed by atoms with Gasteiger partial charge in [-0.1, -0.05) is 30.3 Å². The van der Waals surface area contributed by atoms with Crippen molar-refractivity contribution in [2.75, 3.05) is 20.8 Å². The van der Waals surface area contributed by atoms with E-state index in [9.17, 15) is 31.9 Å². The number of esters is 2. The number of nitrogens with zero attached hydrogens (tertiary/aromatic N) is 1. The highest BCUT2D eigenvalue weighted by Gasteiger charge is 2.34. The second-order valence-corrected chi connectivity index (χ2v) is 11.0. The van der Waals surface area contributed by atoms with Crippen molar-refractivity contribution in [3.63, 3.8) is 0 Å². The molecule has 4 atom stereocenters. The summed E-state index contributed by atoms with van der Waals surface area (Å²) in [6, 6.07) is 12.0. The van der Waals surface area contributed by atoms with E-state index in [1.54, 1.807) is 25.1 Å². The van der Waals surface area contributed by atoms with Gasteiger partial charge >= 0.3 is 18.1 Å². The van der Waals surface area contributed by atoms with Gasteiger partial charge in [-0.05, 0) is 61.1 Å². The molecule has 0 saturated carbocycles. The number of alkyl halides is 3. The standard InChI is InChI=1S/C35H37F4NO7/c1-6-25(17-23-7-11-27(12-8-23)35(37,38)39)29(18-24-9-13-28(36)14-10-24)21(2)46-34(43)26(20-44-4)19-30(42)32-33(47-22(3)41)31(45-5)15-16-40-32/h6-16,21,25-26,29H,1,17-20H2,2-5H3/t21-,25+,26-,29-/m0/s1. The molecule has 8 nitrogen and oxygen atoms in total. The average molecular weight is 660 g/mol. The molecule has 3 rings (SSSR count). The molecule has 0 bridgehead atoms. The van der Waals surface area contributed by atoms with Crippen LogP contribution in [0, 0.1) is 23.6 Å². The lowest BCUT2D eigenvalue weighted by molar-refractivity contribution is -0.158. The van der Waals surface area contributed by atoms with Crippen molar-refractivity contribution in [1.82, 2.24) is 4.98 Å². The summed E-state index contributed by atoms with van der Waals surface area (Å²) >= 11 is 0. The lowest BCUT2D eigenvalue weighted by Gasteiger charge is -2.31. The zero-order valence-electron chi connectivity index (χ0n) is 26.5. The van der Waals surface area contributed by atoms with Crippen molar-refractivity contribution in [3.8, 4) is 11.5 Å². The third-order valence-electron chi connectivity index (χ3n) is 7.63. The number of pyridine rings is 1. The molecule has 0 N–H and O–H groups in total. The van der Waals surface area contributed by atoms with E-state index in [4.69, 9.17) is 18.9 Å². The normalized spacial score (nSPS) is 14.0. The Morgan fingerprint density at radius 3 is 2.13 bits per heavy atom. The van der Waals surface area contributed by atoms with Crippen molar-refractivity contribution in [3.05, 3.63) is 102 Å². The quantitative estimate of drug-likeness (QED) is 0.0713. The van der Waals surface area contributed by atoms with E-state index in [1.807, 2.05) is 0 Å². The number of ketones is 1. The summed E-state index contributed by atoms with van der Waals surface area (Å²) in [7, 11) is 2.69. The van der Waals surface area contributed by atoms with Crippen LogP contribution >= 0.6 is 0 Å². The van der Waals surface area contributed by atoms with Crippen LogP contribution in [0.15, 0.2) is 73.4 Å². The Kier molecular flexibility index (Phi) is 13.2. The predicted molar refractivity (Wildman–Crippen MR) is 164 cm³/mol. The Bertz CT molecular complexity index is 1520. The van der Waals surface area contributed by atoms with Crippen molar-refractivity contribution in [1.29, 1.82) is 0 Å². The number of carbonyl (C=O) groups is 3. The lowest BCUT2D eigenvalue weighted by atomic mass is 9.79. The van der Waals surface area contributed by atoms with Crippen LogP contribution in [0.3, 0.4) is 0 Å². The molecule has 0 unspecified atom stereocenters. The monoisotopic (exact) mass is 659 g/mol. The molecule has 0 saturated heterocycles. The van der Waals surface area contributed by atoms with Crippen molar-refractivity contribution >= 4 is 17.7 Å². The number of hydrogen-bond acceptors (Lipinski definition) is 8. The number of Topliss-reactive ketones (excluding diaryl/α,β-unsaturated/α-hetero) is 1. The van der Waals surface area contributed by atoms with E-state index in [2.05, 4.69) is 11.6 Å². The molecular weight excluding hydrogens is 622 g/mol. The second-order valence-electron chi connectivity index (χ2n) is 11.0. The largest absolute Gasteiger partial charge is 0.493 e. The van der Waals surface area contributed by atoms with Gasteiger partial charge in [0.25, 0.3) is 0 Å². The maximum Gasteiger partial charge on any atom is 0.416 e. The minimum Gasteiger partial charge on any atom is -0.493 e. The van der Waals surface area contributed by atoms with Crippen molar-refractivity contribution in [2.24, 2.45) is 17.8 Å². The zero-order chi connectivity index (χ0) is 34.7. The Balaban J connectivity index is 1.86. The number of carbonyl (C=O) groups excluding carboxylic acids is 3. The third kappa shape index (κ3) is 10.5. The number of hydrogen-bond donors (Lipinski definition) is 0. The first kappa shape index (κ1) is 36.9. The topological polar surface area (TPSA) is 101 Å². The molecular formula is C35H37F4NO7. The van der Waals surface area contributed by atoms with Crippen LogP contribution in [0.25, 0.3) is 0 Å². The molecule has 252 valence electrons. The van der Waals surface area contributed by atoms with Gasteiger partial charge in [0.1, 0.15) is 11.9 Å². The van der Waals surface area contributed by atoms with E-state index in [1.165, 1.54) is 50.7 Å². The first-order chi connectivity index (χ1) is 22.3. The average Bonchev–Trinajstić information content (AvgIpc) is 3.02. The number of ether oxygens (including phenoxy) is 4. The summed E-state index contributed by atoms with van der Waals surface area (Å²) in [5.41, 5.74) is 0.371. The van der Waals surface area contributed by atoms with Gasteiger partial charge in [0.05, 0.1) is 25.2 Å². The fraction of sp³-hybridized carbons (Fsp3) is 0.371. The van der Waals surface area contributed by atoms with E-state index < -0.39 is 59.6 Å². The summed E-state index contributed by atoms with van der Waals surface area (Å²) in [6.07, 6.45) is -2.10. The molecule has 2 aromatic carbocycles. The molecule has 3 aromatic rings. The highest BCUT2D eigenvalue weighted by atomic mass is 19.4. The number of aromatic nitrogens is 1. The smallest absolute Gasteiger partial charge is 0.416 e. The zero-order valence-corrected chi connectivity index (χ0v) is 26.5. The number of halogens is 4. The van der Waals surface area contributed by atoms with Crippen LogP contribution in [0.2, 0.25) is 0 Å².